The van der Waals surface area contributed by atoms with Crippen LogP contribution in [0.25, 0.3) is 0 Å². The summed E-state index contributed by atoms with van der Waals surface area (Å²) in [7, 11) is 0. The molecule has 0 aliphatic heterocycles. The minimum absolute atomic E-state index is 0. The van der Waals surface area contributed by atoms with E-state index in [4.69, 9.17) is 0 Å². The zero-order valence-corrected chi connectivity index (χ0v) is 11.1. The molecule has 4 heteroatoms. The van der Waals surface area contributed by atoms with Gasteiger partial charge in [0.25, 0.3) is 0 Å². The number of halogens is 2. The fraction of sp³-hybridized carbons (Fsp3) is 0.143. The summed E-state index contributed by atoms with van der Waals surface area (Å²) in [6, 6.07) is 10.4. The summed E-state index contributed by atoms with van der Waals surface area (Å²) < 4.78 is 3.22. The Morgan fingerprint density at radius 3 is 2.09 bits per heavy atom. The normalized spacial score (nSPS) is 7.55. The molecule has 1 aromatic carbocycles. The monoisotopic (exact) mass is 358 g/mol. The predicted octanol–water partition coefficient (Wildman–Crippen LogP) is 2.08. The van der Waals surface area contributed by atoms with Crippen LogP contribution in [0, 0.1) is 0 Å². The van der Waals surface area contributed by atoms with Crippen molar-refractivity contribution in [3.63, 3.8) is 0 Å². The molecule has 0 saturated heterocycles. The molecule has 0 saturated carbocycles. The summed E-state index contributed by atoms with van der Waals surface area (Å²) in [6.07, 6.45) is 0. The van der Waals surface area contributed by atoms with E-state index >= 15 is 0 Å². The van der Waals surface area contributed by atoms with E-state index in [1.807, 2.05) is 6.07 Å². The van der Waals surface area contributed by atoms with Crippen LogP contribution < -0.4 is 3.30 Å². The first-order valence-corrected chi connectivity index (χ1v) is 4.66. The van der Waals surface area contributed by atoms with Crippen molar-refractivity contribution in [2.75, 3.05) is 0 Å². The molecule has 0 bridgehead atoms. The molecule has 1 aromatic rings. The molecule has 0 fully saturated rings. The van der Waals surface area contributed by atoms with Gasteiger partial charge in [0, 0.05) is 0 Å². The first-order valence-electron chi connectivity index (χ1n) is 2.87. The maximum absolute atomic E-state index is 3.22. The average Bonchev–Trinajstić information content (AvgIpc) is 1.91. The summed E-state index contributed by atoms with van der Waals surface area (Å²) in [5.41, 5.74) is 1.37. The van der Waals surface area contributed by atoms with E-state index in [2.05, 4.69) is 27.6 Å². The minimum atomic E-state index is 0. The van der Waals surface area contributed by atoms with Crippen LogP contribution in [0.2, 0.25) is 0 Å². The van der Waals surface area contributed by atoms with Crippen molar-refractivity contribution < 1.29 is 24.7 Å². The molecule has 0 heterocycles. The molecule has 61 valence electrons. The van der Waals surface area contributed by atoms with Crippen molar-refractivity contribution >= 4 is 24.8 Å². The SMILES string of the molecule is Cl.Cl.[Hf][NH]Cc1ccccc1. The second-order valence-electron chi connectivity index (χ2n) is 1.84. The fourth-order valence-electron chi connectivity index (χ4n) is 0.698. The summed E-state index contributed by atoms with van der Waals surface area (Å²) in [4.78, 5) is 0. The van der Waals surface area contributed by atoms with E-state index in [0.717, 1.165) is 31.2 Å². The zero-order chi connectivity index (χ0) is 6.53. The van der Waals surface area contributed by atoms with E-state index in [9.17, 15) is 0 Å². The standard InChI is InChI=1S/C7H8N.2ClH.Hf/c8-6-7-4-2-1-3-5-7;;;/h1-5,8H,6H2;2*1H;/q-1;;;+1. The first kappa shape index (κ1) is 14.2. The Morgan fingerprint density at radius 2 is 1.64 bits per heavy atom. The zero-order valence-electron chi connectivity index (χ0n) is 5.91. The van der Waals surface area contributed by atoms with E-state index in [1.54, 1.807) is 0 Å². The maximum atomic E-state index is 3.22. The van der Waals surface area contributed by atoms with Gasteiger partial charge in [-0.2, -0.15) is 0 Å². The van der Waals surface area contributed by atoms with Crippen LogP contribution >= 0.6 is 24.8 Å². The Balaban J connectivity index is 0. The van der Waals surface area contributed by atoms with Crippen molar-refractivity contribution in [2.24, 2.45) is 0 Å². The van der Waals surface area contributed by atoms with Crippen molar-refractivity contribution in [1.82, 2.24) is 3.30 Å². The molecule has 1 nitrogen and oxygen atoms in total. The molecular weight excluding hydrogens is 347 g/mol. The molecule has 0 aliphatic rings. The van der Waals surface area contributed by atoms with Crippen molar-refractivity contribution in [1.29, 1.82) is 0 Å². The molecule has 0 aromatic heterocycles. The Labute approximate surface area is 94.7 Å². The van der Waals surface area contributed by atoms with E-state index < -0.39 is 0 Å². The molecule has 0 radical (unpaired) electrons. The Morgan fingerprint density at radius 1 is 1.09 bits per heavy atom. The summed E-state index contributed by atoms with van der Waals surface area (Å²) in [5.74, 6) is 0. The molecule has 11 heavy (non-hydrogen) atoms. The van der Waals surface area contributed by atoms with Gasteiger partial charge in [0.05, 0.1) is 0 Å². The molecule has 1 rings (SSSR count). The fourth-order valence-corrected chi connectivity index (χ4v) is 1.43. The topological polar surface area (TPSA) is 12.0 Å². The van der Waals surface area contributed by atoms with Gasteiger partial charge in [-0.3, -0.25) is 0 Å². The third-order valence-electron chi connectivity index (χ3n) is 1.14. The first-order chi connectivity index (χ1) is 4.43. The van der Waals surface area contributed by atoms with Crippen molar-refractivity contribution in [3.05, 3.63) is 35.9 Å². The third-order valence-corrected chi connectivity index (χ3v) is 1.77. The Bertz CT molecular complexity index is 169. The van der Waals surface area contributed by atoms with Crippen LogP contribution in [0.3, 0.4) is 0 Å². The van der Waals surface area contributed by atoms with Gasteiger partial charge in [0.15, 0.2) is 0 Å². The van der Waals surface area contributed by atoms with Crippen molar-refractivity contribution in [3.8, 4) is 0 Å². The summed E-state index contributed by atoms with van der Waals surface area (Å²) in [6.45, 7) is 1.02. The molecule has 1 N–H and O–H groups in total. The number of rotatable bonds is 2. The van der Waals surface area contributed by atoms with Crippen molar-refractivity contribution in [2.45, 2.75) is 6.54 Å². The molecule has 0 aliphatic carbocycles. The molecule has 0 atom stereocenters. The number of hydrogen-bond donors (Lipinski definition) is 1. The quantitative estimate of drug-likeness (QED) is 0.799. The van der Waals surface area contributed by atoms with Gasteiger partial charge in [-0.1, -0.05) is 0 Å². The average molecular weight is 358 g/mol. The van der Waals surface area contributed by atoms with Crippen LogP contribution in [-0.4, -0.2) is 0 Å². The van der Waals surface area contributed by atoms with Gasteiger partial charge in [-0.25, -0.2) is 0 Å². The van der Waals surface area contributed by atoms with Crippen LogP contribution in [0.4, 0.5) is 0 Å². The van der Waals surface area contributed by atoms with Crippen LogP contribution in [0.5, 0.6) is 0 Å². The van der Waals surface area contributed by atoms with Gasteiger partial charge < -0.3 is 0 Å². The number of benzene rings is 1. The summed E-state index contributed by atoms with van der Waals surface area (Å²) in [5, 5.41) is 0. The molecule has 0 unspecified atom stereocenters. The second kappa shape index (κ2) is 8.72. The van der Waals surface area contributed by atoms with Gasteiger partial charge in [0.1, 0.15) is 0 Å². The van der Waals surface area contributed by atoms with Crippen LogP contribution in [0.1, 0.15) is 5.56 Å². The van der Waals surface area contributed by atoms with E-state index in [-0.39, 0.29) is 24.8 Å². The molecule has 0 spiro atoms. The van der Waals surface area contributed by atoms with E-state index in [1.165, 1.54) is 5.56 Å². The Kier molecular flexibility index (Phi) is 11.2. The van der Waals surface area contributed by atoms with Crippen LogP contribution in [-0.2, 0) is 31.2 Å². The van der Waals surface area contributed by atoms with Gasteiger partial charge in [0.2, 0.25) is 0 Å². The molecule has 0 amide bonds. The predicted molar refractivity (Wildman–Crippen MR) is 47.8 cm³/mol. The Hall–Kier alpha value is 0.630. The van der Waals surface area contributed by atoms with Crippen LogP contribution in [0.15, 0.2) is 30.3 Å². The second-order valence-corrected chi connectivity index (χ2v) is 3.11. The van der Waals surface area contributed by atoms with Gasteiger partial charge >= 0.3 is 70.4 Å². The number of hydrogen-bond acceptors (Lipinski definition) is 1. The van der Waals surface area contributed by atoms with E-state index in [0.29, 0.717) is 0 Å². The number of nitrogens with one attached hydrogen (secondary N) is 1. The van der Waals surface area contributed by atoms with Gasteiger partial charge in [-0.05, 0) is 0 Å². The third kappa shape index (κ3) is 5.85. The summed E-state index contributed by atoms with van der Waals surface area (Å²) >= 11 is 1.07. The van der Waals surface area contributed by atoms with Gasteiger partial charge in [-0.15, -0.1) is 24.8 Å². The molecular formula is C7H10Cl2HfN.